The zero-order valence-electron chi connectivity index (χ0n) is 11.4. The van der Waals surface area contributed by atoms with Crippen LogP contribution in [0.3, 0.4) is 0 Å². The standard InChI is InChI=1S/C12H24F2Si2/c1-7-16(8-2,9-3)11-10-12(13,14)15(4,5)6/h7-9H2,1-6H3. The van der Waals surface area contributed by atoms with E-state index in [1.54, 1.807) is 19.6 Å². The van der Waals surface area contributed by atoms with Crippen LogP contribution in [0.1, 0.15) is 20.8 Å². The van der Waals surface area contributed by atoms with Crippen molar-refractivity contribution >= 4 is 16.1 Å². The van der Waals surface area contributed by atoms with Gasteiger partial charge in [-0.25, -0.2) is 0 Å². The molecule has 0 saturated carbocycles. The van der Waals surface area contributed by atoms with Gasteiger partial charge in [0.05, 0.1) is 0 Å². The Bertz CT molecular complexity index is 263. The van der Waals surface area contributed by atoms with Gasteiger partial charge in [0.15, 0.2) is 0 Å². The second kappa shape index (κ2) is 5.46. The summed E-state index contributed by atoms with van der Waals surface area (Å²) in [6, 6.07) is 2.94. The number of hydrogen-bond donors (Lipinski definition) is 0. The maximum atomic E-state index is 13.8. The van der Waals surface area contributed by atoms with Crippen LogP contribution < -0.4 is 0 Å². The number of rotatable bonds is 4. The largest absolute Gasteiger partial charge is 0.285 e. The lowest BCUT2D eigenvalue weighted by Crippen LogP contribution is -2.44. The Labute approximate surface area is 101 Å². The van der Waals surface area contributed by atoms with Crippen molar-refractivity contribution in [1.82, 2.24) is 0 Å². The molecule has 0 amide bonds. The highest BCUT2D eigenvalue weighted by Gasteiger charge is 2.43. The highest BCUT2D eigenvalue weighted by molar-refractivity contribution is 6.87. The van der Waals surface area contributed by atoms with E-state index in [9.17, 15) is 8.78 Å². The van der Waals surface area contributed by atoms with Crippen molar-refractivity contribution in [1.29, 1.82) is 0 Å². The van der Waals surface area contributed by atoms with Gasteiger partial charge in [0.1, 0.15) is 16.1 Å². The maximum absolute atomic E-state index is 13.8. The molecule has 0 nitrogen and oxygen atoms in total. The Morgan fingerprint density at radius 3 is 1.56 bits per heavy atom. The van der Waals surface area contributed by atoms with E-state index < -0.39 is 21.7 Å². The van der Waals surface area contributed by atoms with Crippen LogP contribution in [-0.4, -0.2) is 21.7 Å². The molecule has 0 spiro atoms. The molecule has 0 rings (SSSR count). The molecule has 0 aromatic rings. The maximum Gasteiger partial charge on any atom is 0.285 e. The van der Waals surface area contributed by atoms with E-state index >= 15 is 0 Å². The summed E-state index contributed by atoms with van der Waals surface area (Å²) in [7, 11) is -4.23. The molecule has 0 heterocycles. The van der Waals surface area contributed by atoms with E-state index in [0.717, 1.165) is 18.1 Å². The molecule has 0 fully saturated rings. The van der Waals surface area contributed by atoms with Gasteiger partial charge in [-0.3, -0.25) is 0 Å². The minimum absolute atomic E-state index is 0.981. The molecule has 0 saturated heterocycles. The van der Waals surface area contributed by atoms with Gasteiger partial charge in [-0.05, 0) is 24.1 Å². The van der Waals surface area contributed by atoms with Crippen LogP contribution in [0.5, 0.6) is 0 Å². The zero-order chi connectivity index (χ0) is 13.0. The van der Waals surface area contributed by atoms with Gasteiger partial charge in [0.2, 0.25) is 0 Å². The normalized spacial score (nSPS) is 13.2. The molecule has 94 valence electrons. The van der Waals surface area contributed by atoms with Crippen molar-refractivity contribution in [2.24, 2.45) is 0 Å². The first kappa shape index (κ1) is 15.9. The molecule has 0 unspecified atom stereocenters. The van der Waals surface area contributed by atoms with Crippen LogP contribution in [0.25, 0.3) is 0 Å². The third-order valence-corrected chi connectivity index (χ3v) is 10.2. The Kier molecular flexibility index (Phi) is 5.41. The van der Waals surface area contributed by atoms with Crippen LogP contribution in [-0.2, 0) is 0 Å². The number of hydrogen-bond acceptors (Lipinski definition) is 0. The molecule has 16 heavy (non-hydrogen) atoms. The fourth-order valence-electron chi connectivity index (χ4n) is 1.41. The van der Waals surface area contributed by atoms with Crippen LogP contribution >= 0.6 is 0 Å². The van der Waals surface area contributed by atoms with Crippen LogP contribution in [0.15, 0.2) is 0 Å². The second-order valence-electron chi connectivity index (χ2n) is 5.42. The molecule has 0 aromatic heterocycles. The molecule has 0 radical (unpaired) electrons. The van der Waals surface area contributed by atoms with Gasteiger partial charge in [0, 0.05) is 0 Å². The highest BCUT2D eigenvalue weighted by atomic mass is 28.3. The summed E-state index contributed by atoms with van der Waals surface area (Å²) in [6.07, 6.45) is 0. The summed E-state index contributed by atoms with van der Waals surface area (Å²) in [5, 5.41) is 0. The van der Waals surface area contributed by atoms with Crippen molar-refractivity contribution in [2.75, 3.05) is 0 Å². The molecular weight excluding hydrogens is 238 g/mol. The molecule has 0 aliphatic carbocycles. The van der Waals surface area contributed by atoms with Crippen molar-refractivity contribution in [3.63, 3.8) is 0 Å². The molecule has 0 bridgehead atoms. The zero-order valence-corrected chi connectivity index (χ0v) is 13.4. The minimum Gasteiger partial charge on any atom is -0.198 e. The molecule has 0 aliphatic heterocycles. The minimum atomic E-state index is -2.75. The quantitative estimate of drug-likeness (QED) is 0.515. The third kappa shape index (κ3) is 3.71. The number of alkyl halides is 2. The monoisotopic (exact) mass is 262 g/mol. The Balaban J connectivity index is 5.10. The average molecular weight is 262 g/mol. The second-order valence-corrected chi connectivity index (χ2v) is 15.5. The Hall–Kier alpha value is -0.146. The van der Waals surface area contributed by atoms with E-state index in [4.69, 9.17) is 0 Å². The highest BCUT2D eigenvalue weighted by Crippen LogP contribution is 2.27. The first-order valence-corrected chi connectivity index (χ1v) is 12.2. The molecule has 0 atom stereocenters. The van der Waals surface area contributed by atoms with E-state index in [1.807, 2.05) is 0 Å². The van der Waals surface area contributed by atoms with Crippen LogP contribution in [0, 0.1) is 11.5 Å². The van der Waals surface area contributed by atoms with E-state index in [-0.39, 0.29) is 0 Å². The summed E-state index contributed by atoms with van der Waals surface area (Å²) < 4.78 is 27.6. The Morgan fingerprint density at radius 2 is 1.31 bits per heavy atom. The third-order valence-electron chi connectivity index (χ3n) is 3.46. The lowest BCUT2D eigenvalue weighted by Gasteiger charge is -2.25. The Morgan fingerprint density at radius 1 is 0.938 bits per heavy atom. The van der Waals surface area contributed by atoms with Gasteiger partial charge in [-0.2, -0.15) is 8.78 Å². The van der Waals surface area contributed by atoms with Gasteiger partial charge in [-0.15, -0.1) is 5.54 Å². The first-order valence-electron chi connectivity index (χ1n) is 6.06. The number of halogens is 2. The van der Waals surface area contributed by atoms with Crippen LogP contribution in [0.2, 0.25) is 37.8 Å². The predicted octanol–water partition coefficient (Wildman–Crippen LogP) is 4.55. The first-order chi connectivity index (χ1) is 7.14. The van der Waals surface area contributed by atoms with Crippen molar-refractivity contribution < 1.29 is 8.78 Å². The average Bonchev–Trinajstić information content (AvgIpc) is 2.19. The van der Waals surface area contributed by atoms with Gasteiger partial charge in [-0.1, -0.05) is 40.4 Å². The summed E-state index contributed by atoms with van der Waals surface area (Å²) in [6.45, 7) is 11.3. The van der Waals surface area contributed by atoms with E-state index in [1.165, 1.54) is 0 Å². The van der Waals surface area contributed by atoms with E-state index in [0.29, 0.717) is 0 Å². The molecule has 4 heteroatoms. The predicted molar refractivity (Wildman–Crippen MR) is 73.3 cm³/mol. The van der Waals surface area contributed by atoms with Crippen molar-refractivity contribution in [3.05, 3.63) is 0 Å². The van der Waals surface area contributed by atoms with Gasteiger partial charge in [0.25, 0.3) is 5.55 Å². The lowest BCUT2D eigenvalue weighted by atomic mass is 10.7. The van der Waals surface area contributed by atoms with Gasteiger partial charge < -0.3 is 0 Å². The fraction of sp³-hybridized carbons (Fsp3) is 0.833. The molecule has 0 aliphatic rings. The summed E-state index contributed by atoms with van der Waals surface area (Å²) in [5.41, 5.74) is 0.257. The molecule has 0 aromatic carbocycles. The molecular formula is C12H24F2Si2. The van der Waals surface area contributed by atoms with Crippen molar-refractivity contribution in [3.8, 4) is 11.5 Å². The molecule has 0 N–H and O–H groups in total. The van der Waals surface area contributed by atoms with Crippen LogP contribution in [0.4, 0.5) is 8.78 Å². The smallest absolute Gasteiger partial charge is 0.198 e. The summed E-state index contributed by atoms with van der Waals surface area (Å²) in [5.74, 6) is 2.33. The SMILES string of the molecule is CC[Si](C#CC(F)(F)[Si](C)(C)C)(CC)CC. The topological polar surface area (TPSA) is 0 Å². The van der Waals surface area contributed by atoms with Crippen molar-refractivity contribution in [2.45, 2.75) is 64.1 Å². The van der Waals surface area contributed by atoms with Gasteiger partial charge >= 0.3 is 0 Å². The summed E-state index contributed by atoms with van der Waals surface area (Å²) in [4.78, 5) is 0. The fourth-order valence-corrected chi connectivity index (χ4v) is 4.43. The summed E-state index contributed by atoms with van der Waals surface area (Å²) >= 11 is 0. The van der Waals surface area contributed by atoms with E-state index in [2.05, 4.69) is 32.2 Å². The lowest BCUT2D eigenvalue weighted by molar-refractivity contribution is 0.149.